The Morgan fingerprint density at radius 1 is 1.21 bits per heavy atom. The van der Waals surface area contributed by atoms with E-state index in [-0.39, 0.29) is 5.91 Å². The zero-order chi connectivity index (χ0) is 13.9. The molecule has 0 saturated carbocycles. The number of rotatable bonds is 9. The maximum absolute atomic E-state index is 11.5. The van der Waals surface area contributed by atoms with Crippen molar-refractivity contribution in [2.45, 2.75) is 45.3 Å². The summed E-state index contributed by atoms with van der Waals surface area (Å²) in [6, 6.07) is 8.63. The standard InChI is InChI=1S/C16H25NOS/c1-3-4-5-6-16(18)17-11-12-19-13-15-9-7-14(2)8-10-15/h7-10H,3-6,11-13H2,1-2H3,(H,17,18). The molecule has 0 aliphatic heterocycles. The fourth-order valence-electron chi connectivity index (χ4n) is 1.76. The lowest BCUT2D eigenvalue weighted by molar-refractivity contribution is -0.121. The third-order valence-corrected chi connectivity index (χ3v) is 4.00. The molecular weight excluding hydrogens is 254 g/mol. The number of carbonyl (C=O) groups is 1. The molecule has 1 rings (SSSR count). The van der Waals surface area contributed by atoms with Crippen LogP contribution in [0.25, 0.3) is 0 Å². The van der Waals surface area contributed by atoms with Crippen LogP contribution in [-0.2, 0) is 10.5 Å². The Morgan fingerprint density at radius 3 is 2.63 bits per heavy atom. The van der Waals surface area contributed by atoms with E-state index in [0.717, 1.165) is 30.9 Å². The highest BCUT2D eigenvalue weighted by molar-refractivity contribution is 7.98. The second kappa shape index (κ2) is 9.90. The first-order valence-corrected chi connectivity index (χ1v) is 8.28. The van der Waals surface area contributed by atoms with Crippen molar-refractivity contribution < 1.29 is 4.79 Å². The van der Waals surface area contributed by atoms with Crippen molar-refractivity contribution in [3.05, 3.63) is 35.4 Å². The Morgan fingerprint density at radius 2 is 1.95 bits per heavy atom. The average Bonchev–Trinajstić information content (AvgIpc) is 2.41. The second-order valence-electron chi connectivity index (χ2n) is 4.85. The van der Waals surface area contributed by atoms with Gasteiger partial charge in [0.1, 0.15) is 0 Å². The van der Waals surface area contributed by atoms with Gasteiger partial charge in [0.15, 0.2) is 0 Å². The Labute approximate surface area is 121 Å². The van der Waals surface area contributed by atoms with E-state index in [0.29, 0.717) is 6.42 Å². The number of carbonyl (C=O) groups excluding carboxylic acids is 1. The maximum Gasteiger partial charge on any atom is 0.220 e. The lowest BCUT2D eigenvalue weighted by atomic mass is 10.2. The van der Waals surface area contributed by atoms with E-state index in [4.69, 9.17) is 0 Å². The van der Waals surface area contributed by atoms with Crippen LogP contribution in [0.15, 0.2) is 24.3 Å². The van der Waals surface area contributed by atoms with Crippen molar-refractivity contribution in [2.24, 2.45) is 0 Å². The minimum absolute atomic E-state index is 0.199. The van der Waals surface area contributed by atoms with E-state index in [1.54, 1.807) is 0 Å². The summed E-state index contributed by atoms with van der Waals surface area (Å²) in [6.45, 7) is 5.03. The van der Waals surface area contributed by atoms with Gasteiger partial charge in [-0.3, -0.25) is 4.79 Å². The predicted molar refractivity (Wildman–Crippen MR) is 84.5 cm³/mol. The Kier molecular flexibility index (Phi) is 8.39. The number of hydrogen-bond acceptors (Lipinski definition) is 2. The maximum atomic E-state index is 11.5. The first kappa shape index (κ1) is 16.1. The molecule has 0 aromatic heterocycles. The van der Waals surface area contributed by atoms with Gasteiger partial charge in [-0.25, -0.2) is 0 Å². The second-order valence-corrected chi connectivity index (χ2v) is 5.95. The fraction of sp³-hybridized carbons (Fsp3) is 0.562. The molecule has 1 amide bonds. The molecule has 1 N–H and O–H groups in total. The quantitative estimate of drug-likeness (QED) is 0.694. The van der Waals surface area contributed by atoms with Gasteiger partial charge in [0.2, 0.25) is 5.91 Å². The number of benzene rings is 1. The highest BCUT2D eigenvalue weighted by atomic mass is 32.2. The molecule has 0 fully saturated rings. The Hall–Kier alpha value is -0.960. The Bertz CT molecular complexity index is 362. The van der Waals surface area contributed by atoms with Crippen molar-refractivity contribution in [3.8, 4) is 0 Å². The smallest absolute Gasteiger partial charge is 0.220 e. The summed E-state index contributed by atoms with van der Waals surface area (Å²) in [5.74, 6) is 2.20. The van der Waals surface area contributed by atoms with Crippen molar-refractivity contribution in [1.82, 2.24) is 5.32 Å². The number of aryl methyl sites for hydroxylation is 1. The van der Waals surface area contributed by atoms with Crippen LogP contribution in [0.3, 0.4) is 0 Å². The number of thioether (sulfide) groups is 1. The molecule has 0 heterocycles. The van der Waals surface area contributed by atoms with Crippen LogP contribution in [0.1, 0.15) is 43.7 Å². The summed E-state index contributed by atoms with van der Waals surface area (Å²) in [6.07, 6.45) is 4.00. The van der Waals surface area contributed by atoms with E-state index >= 15 is 0 Å². The van der Waals surface area contributed by atoms with Crippen LogP contribution in [0, 0.1) is 6.92 Å². The molecular formula is C16H25NOS. The molecule has 0 bridgehead atoms. The third kappa shape index (κ3) is 7.93. The highest BCUT2D eigenvalue weighted by Crippen LogP contribution is 2.12. The average molecular weight is 279 g/mol. The van der Waals surface area contributed by atoms with Gasteiger partial charge in [-0.2, -0.15) is 11.8 Å². The third-order valence-electron chi connectivity index (χ3n) is 2.97. The topological polar surface area (TPSA) is 29.1 Å². The van der Waals surface area contributed by atoms with Gasteiger partial charge in [-0.05, 0) is 18.9 Å². The molecule has 106 valence electrons. The predicted octanol–water partition coefficient (Wildman–Crippen LogP) is 3.92. The molecule has 0 unspecified atom stereocenters. The van der Waals surface area contributed by atoms with Crippen molar-refractivity contribution in [1.29, 1.82) is 0 Å². The molecule has 1 aromatic rings. The van der Waals surface area contributed by atoms with Crippen LogP contribution < -0.4 is 5.32 Å². The first-order chi connectivity index (χ1) is 9.22. The highest BCUT2D eigenvalue weighted by Gasteiger charge is 2.00. The molecule has 0 radical (unpaired) electrons. The molecule has 0 saturated heterocycles. The minimum atomic E-state index is 0.199. The summed E-state index contributed by atoms with van der Waals surface area (Å²) in [7, 11) is 0. The fourth-order valence-corrected chi connectivity index (χ4v) is 2.58. The van der Waals surface area contributed by atoms with E-state index < -0.39 is 0 Å². The Balaban J connectivity index is 2.01. The van der Waals surface area contributed by atoms with Crippen molar-refractivity contribution in [3.63, 3.8) is 0 Å². The summed E-state index contributed by atoms with van der Waals surface area (Å²) in [5, 5.41) is 2.98. The van der Waals surface area contributed by atoms with Crippen LogP contribution >= 0.6 is 11.8 Å². The lowest BCUT2D eigenvalue weighted by Gasteiger charge is -2.05. The summed E-state index contributed by atoms with van der Waals surface area (Å²) < 4.78 is 0. The van der Waals surface area contributed by atoms with Gasteiger partial charge in [-0.15, -0.1) is 0 Å². The summed E-state index contributed by atoms with van der Waals surface area (Å²) >= 11 is 1.87. The van der Waals surface area contributed by atoms with Gasteiger partial charge in [0, 0.05) is 24.5 Å². The van der Waals surface area contributed by atoms with E-state index in [1.807, 2.05) is 11.8 Å². The zero-order valence-corrected chi connectivity index (χ0v) is 12.9. The number of hydrogen-bond donors (Lipinski definition) is 1. The van der Waals surface area contributed by atoms with Crippen molar-refractivity contribution in [2.75, 3.05) is 12.3 Å². The van der Waals surface area contributed by atoms with Crippen LogP contribution in [0.4, 0.5) is 0 Å². The molecule has 3 heteroatoms. The van der Waals surface area contributed by atoms with E-state index in [2.05, 4.69) is 43.4 Å². The number of unbranched alkanes of at least 4 members (excludes halogenated alkanes) is 2. The zero-order valence-electron chi connectivity index (χ0n) is 12.1. The van der Waals surface area contributed by atoms with Crippen LogP contribution in [0.2, 0.25) is 0 Å². The monoisotopic (exact) mass is 279 g/mol. The van der Waals surface area contributed by atoms with E-state index in [1.165, 1.54) is 17.5 Å². The molecule has 0 aliphatic rings. The van der Waals surface area contributed by atoms with E-state index in [9.17, 15) is 4.79 Å². The molecule has 0 aliphatic carbocycles. The number of amides is 1. The molecule has 2 nitrogen and oxygen atoms in total. The van der Waals surface area contributed by atoms with Crippen LogP contribution in [0.5, 0.6) is 0 Å². The molecule has 19 heavy (non-hydrogen) atoms. The molecule has 0 atom stereocenters. The summed E-state index contributed by atoms with van der Waals surface area (Å²) in [5.41, 5.74) is 2.65. The lowest BCUT2D eigenvalue weighted by Crippen LogP contribution is -2.25. The van der Waals surface area contributed by atoms with Crippen LogP contribution in [-0.4, -0.2) is 18.2 Å². The SMILES string of the molecule is CCCCCC(=O)NCCSCc1ccc(C)cc1. The first-order valence-electron chi connectivity index (χ1n) is 7.12. The summed E-state index contributed by atoms with van der Waals surface area (Å²) in [4.78, 5) is 11.5. The normalized spacial score (nSPS) is 10.4. The molecule has 0 spiro atoms. The van der Waals surface area contributed by atoms with Gasteiger partial charge in [0.25, 0.3) is 0 Å². The van der Waals surface area contributed by atoms with Crippen molar-refractivity contribution >= 4 is 17.7 Å². The van der Waals surface area contributed by atoms with Gasteiger partial charge in [-0.1, -0.05) is 49.6 Å². The molecule has 1 aromatic carbocycles. The van der Waals surface area contributed by atoms with Gasteiger partial charge >= 0.3 is 0 Å². The largest absolute Gasteiger partial charge is 0.355 e. The number of nitrogens with one attached hydrogen (secondary N) is 1. The van der Waals surface area contributed by atoms with Gasteiger partial charge < -0.3 is 5.32 Å². The van der Waals surface area contributed by atoms with Gasteiger partial charge in [0.05, 0.1) is 0 Å². The minimum Gasteiger partial charge on any atom is -0.355 e.